The largest absolute Gasteiger partial charge is 0.383 e. The van der Waals surface area contributed by atoms with Gasteiger partial charge in [-0.1, -0.05) is 0 Å². The van der Waals surface area contributed by atoms with Crippen LogP contribution in [0.15, 0.2) is 0 Å². The first-order chi connectivity index (χ1) is 8.28. The summed E-state index contributed by atoms with van der Waals surface area (Å²) < 4.78 is 11.4. The maximum atomic E-state index is 6.11. The van der Waals surface area contributed by atoms with Crippen LogP contribution in [-0.2, 0) is 9.47 Å². The second-order valence-corrected chi connectivity index (χ2v) is 5.88. The van der Waals surface area contributed by atoms with E-state index in [4.69, 9.17) is 15.2 Å². The summed E-state index contributed by atoms with van der Waals surface area (Å²) in [5, 5.41) is 0. The zero-order valence-electron chi connectivity index (χ0n) is 10.7. The standard InChI is InChI=1S/C13H24N2O2/c1-16-9-13(8-14,10-2-3-10)15-6-11-4-5-12(7-15)17-11/h10-12H,2-9,14H2,1H3. The molecule has 17 heavy (non-hydrogen) atoms. The molecule has 2 bridgehead atoms. The van der Waals surface area contributed by atoms with Crippen LogP contribution in [0.3, 0.4) is 0 Å². The van der Waals surface area contributed by atoms with Crippen molar-refractivity contribution in [2.24, 2.45) is 11.7 Å². The van der Waals surface area contributed by atoms with Gasteiger partial charge in [-0.3, -0.25) is 4.90 Å². The van der Waals surface area contributed by atoms with E-state index in [1.807, 2.05) is 0 Å². The van der Waals surface area contributed by atoms with Crippen molar-refractivity contribution < 1.29 is 9.47 Å². The van der Waals surface area contributed by atoms with Crippen molar-refractivity contribution in [3.05, 3.63) is 0 Å². The summed E-state index contributed by atoms with van der Waals surface area (Å²) in [6.45, 7) is 3.58. The van der Waals surface area contributed by atoms with Crippen LogP contribution in [0.4, 0.5) is 0 Å². The second kappa shape index (κ2) is 4.50. The first-order valence-electron chi connectivity index (χ1n) is 6.88. The summed E-state index contributed by atoms with van der Waals surface area (Å²) in [5.41, 5.74) is 6.20. The first kappa shape index (κ1) is 11.9. The van der Waals surface area contributed by atoms with Gasteiger partial charge in [-0.2, -0.15) is 0 Å². The molecule has 4 nitrogen and oxygen atoms in total. The van der Waals surface area contributed by atoms with Gasteiger partial charge >= 0.3 is 0 Å². The van der Waals surface area contributed by atoms with Gasteiger partial charge in [-0.05, 0) is 31.6 Å². The summed E-state index contributed by atoms with van der Waals surface area (Å²) in [6.07, 6.45) is 5.95. The van der Waals surface area contributed by atoms with Crippen molar-refractivity contribution >= 4 is 0 Å². The van der Waals surface area contributed by atoms with Crippen LogP contribution >= 0.6 is 0 Å². The average molecular weight is 240 g/mol. The van der Waals surface area contributed by atoms with E-state index in [0.717, 1.165) is 25.6 Å². The molecule has 0 aromatic carbocycles. The van der Waals surface area contributed by atoms with Crippen LogP contribution in [0, 0.1) is 5.92 Å². The molecule has 2 saturated heterocycles. The highest BCUT2D eigenvalue weighted by molar-refractivity contribution is 5.06. The molecule has 0 radical (unpaired) electrons. The van der Waals surface area contributed by atoms with Crippen molar-refractivity contribution in [3.8, 4) is 0 Å². The van der Waals surface area contributed by atoms with Gasteiger partial charge in [0.25, 0.3) is 0 Å². The highest BCUT2D eigenvalue weighted by Crippen LogP contribution is 2.45. The highest BCUT2D eigenvalue weighted by atomic mass is 16.5. The minimum Gasteiger partial charge on any atom is -0.383 e. The Labute approximate surface area is 103 Å². The van der Waals surface area contributed by atoms with Crippen molar-refractivity contribution in [2.45, 2.75) is 43.4 Å². The van der Waals surface area contributed by atoms with Crippen LogP contribution in [0.25, 0.3) is 0 Å². The molecule has 3 aliphatic rings. The SMILES string of the molecule is COCC(CN)(C1CC1)N1CC2CCC(C1)O2. The fourth-order valence-electron chi connectivity index (χ4n) is 3.67. The van der Waals surface area contributed by atoms with E-state index in [9.17, 15) is 0 Å². The van der Waals surface area contributed by atoms with Gasteiger partial charge < -0.3 is 15.2 Å². The predicted molar refractivity (Wildman–Crippen MR) is 65.9 cm³/mol. The lowest BCUT2D eigenvalue weighted by atomic mass is 9.90. The molecule has 0 spiro atoms. The number of likely N-dealkylation sites (tertiary alicyclic amines) is 1. The number of fused-ring (bicyclic) bond motifs is 2. The zero-order valence-corrected chi connectivity index (χ0v) is 10.7. The fraction of sp³-hybridized carbons (Fsp3) is 1.00. The summed E-state index contributed by atoms with van der Waals surface area (Å²) in [5.74, 6) is 0.741. The number of hydrogen-bond acceptors (Lipinski definition) is 4. The number of rotatable bonds is 5. The van der Waals surface area contributed by atoms with E-state index >= 15 is 0 Å². The van der Waals surface area contributed by atoms with E-state index in [1.54, 1.807) is 7.11 Å². The summed E-state index contributed by atoms with van der Waals surface area (Å²) in [7, 11) is 1.79. The van der Waals surface area contributed by atoms with Crippen LogP contribution in [0.5, 0.6) is 0 Å². The lowest BCUT2D eigenvalue weighted by Crippen LogP contribution is -2.63. The molecule has 0 aromatic heterocycles. The molecule has 3 unspecified atom stereocenters. The highest BCUT2D eigenvalue weighted by Gasteiger charge is 2.51. The van der Waals surface area contributed by atoms with Gasteiger partial charge in [0.05, 0.1) is 24.4 Å². The number of morpholine rings is 1. The molecule has 2 aliphatic heterocycles. The molecule has 0 aromatic rings. The number of ether oxygens (including phenoxy) is 2. The predicted octanol–water partition coefficient (Wildman–Crippen LogP) is 0.604. The van der Waals surface area contributed by atoms with Gasteiger partial charge in [-0.25, -0.2) is 0 Å². The van der Waals surface area contributed by atoms with Gasteiger partial charge in [0.15, 0.2) is 0 Å². The van der Waals surface area contributed by atoms with E-state index < -0.39 is 0 Å². The Balaban J connectivity index is 1.78. The minimum atomic E-state index is 0.0827. The Morgan fingerprint density at radius 2 is 1.88 bits per heavy atom. The lowest BCUT2D eigenvalue weighted by Gasteiger charge is -2.47. The Bertz CT molecular complexity index is 271. The van der Waals surface area contributed by atoms with Gasteiger partial charge in [0.2, 0.25) is 0 Å². The van der Waals surface area contributed by atoms with E-state index in [1.165, 1.54) is 25.7 Å². The molecule has 1 aliphatic carbocycles. The van der Waals surface area contributed by atoms with Gasteiger partial charge in [0, 0.05) is 26.7 Å². The smallest absolute Gasteiger partial charge is 0.0707 e. The fourth-order valence-corrected chi connectivity index (χ4v) is 3.67. The van der Waals surface area contributed by atoms with Crippen molar-refractivity contribution in [3.63, 3.8) is 0 Å². The van der Waals surface area contributed by atoms with Crippen molar-refractivity contribution in [2.75, 3.05) is 33.4 Å². The molecule has 1 saturated carbocycles. The third-order valence-corrected chi connectivity index (χ3v) is 4.76. The van der Waals surface area contributed by atoms with E-state index in [0.29, 0.717) is 18.8 Å². The third kappa shape index (κ3) is 2.01. The maximum Gasteiger partial charge on any atom is 0.0707 e. The molecular weight excluding hydrogens is 216 g/mol. The Hall–Kier alpha value is -0.160. The molecule has 2 heterocycles. The Kier molecular flexibility index (Phi) is 3.15. The topological polar surface area (TPSA) is 47.7 Å². The third-order valence-electron chi connectivity index (χ3n) is 4.76. The Morgan fingerprint density at radius 1 is 1.24 bits per heavy atom. The molecule has 3 atom stereocenters. The number of nitrogens with zero attached hydrogens (tertiary/aromatic N) is 1. The average Bonchev–Trinajstić information content (AvgIpc) is 3.13. The molecule has 3 rings (SSSR count). The van der Waals surface area contributed by atoms with E-state index in [-0.39, 0.29) is 5.54 Å². The Morgan fingerprint density at radius 3 is 2.35 bits per heavy atom. The molecule has 2 N–H and O–H groups in total. The normalized spacial score (nSPS) is 37.1. The van der Waals surface area contributed by atoms with Crippen LogP contribution in [-0.4, -0.2) is 56.0 Å². The maximum absolute atomic E-state index is 6.11. The van der Waals surface area contributed by atoms with Crippen LogP contribution in [0.2, 0.25) is 0 Å². The molecule has 98 valence electrons. The quantitative estimate of drug-likeness (QED) is 0.764. The zero-order chi connectivity index (χ0) is 11.9. The van der Waals surface area contributed by atoms with Gasteiger partial charge in [0.1, 0.15) is 0 Å². The number of hydrogen-bond donors (Lipinski definition) is 1. The second-order valence-electron chi connectivity index (χ2n) is 5.88. The first-order valence-corrected chi connectivity index (χ1v) is 6.88. The molecular formula is C13H24N2O2. The monoisotopic (exact) mass is 240 g/mol. The van der Waals surface area contributed by atoms with Crippen LogP contribution in [0.1, 0.15) is 25.7 Å². The summed E-state index contributed by atoms with van der Waals surface area (Å²) >= 11 is 0. The van der Waals surface area contributed by atoms with Crippen LogP contribution < -0.4 is 5.73 Å². The molecule has 0 amide bonds. The minimum absolute atomic E-state index is 0.0827. The van der Waals surface area contributed by atoms with E-state index in [2.05, 4.69) is 4.90 Å². The van der Waals surface area contributed by atoms with Crippen molar-refractivity contribution in [1.82, 2.24) is 4.90 Å². The number of nitrogens with two attached hydrogens (primary N) is 1. The van der Waals surface area contributed by atoms with Gasteiger partial charge in [-0.15, -0.1) is 0 Å². The summed E-state index contributed by atoms with van der Waals surface area (Å²) in [6, 6.07) is 0. The molecule has 4 heteroatoms. The van der Waals surface area contributed by atoms with Crippen molar-refractivity contribution in [1.29, 1.82) is 0 Å². The molecule has 3 fully saturated rings. The summed E-state index contributed by atoms with van der Waals surface area (Å²) in [4.78, 5) is 2.58. The lowest BCUT2D eigenvalue weighted by molar-refractivity contribution is -0.0992. The number of methoxy groups -OCH3 is 1.